The van der Waals surface area contributed by atoms with E-state index >= 15 is 0 Å². The van der Waals surface area contributed by atoms with Crippen molar-refractivity contribution in [3.05, 3.63) is 11.1 Å². The van der Waals surface area contributed by atoms with Crippen LogP contribution in [0.1, 0.15) is 27.2 Å². The van der Waals surface area contributed by atoms with Crippen molar-refractivity contribution in [1.82, 2.24) is 0 Å². The average Bonchev–Trinajstić information content (AvgIpc) is 1.80. The molecule has 0 amide bonds. The van der Waals surface area contributed by atoms with Gasteiger partial charge in [-0.2, -0.15) is 0 Å². The SMILES string of the molecule is CC(C)=C(C)CCS(N)(=O)=O. The first-order chi connectivity index (χ1) is 4.83. The molecule has 0 fully saturated rings. The van der Waals surface area contributed by atoms with E-state index in [1.807, 2.05) is 20.8 Å². The van der Waals surface area contributed by atoms with E-state index in [1.54, 1.807) is 0 Å². The van der Waals surface area contributed by atoms with Gasteiger partial charge in [-0.15, -0.1) is 0 Å². The third-order valence-corrected chi connectivity index (χ3v) is 2.39. The fourth-order valence-electron chi connectivity index (χ4n) is 0.545. The van der Waals surface area contributed by atoms with E-state index in [9.17, 15) is 8.42 Å². The summed E-state index contributed by atoms with van der Waals surface area (Å²) in [6.07, 6.45) is 0.543. The summed E-state index contributed by atoms with van der Waals surface area (Å²) in [5.41, 5.74) is 2.26. The van der Waals surface area contributed by atoms with Crippen LogP contribution in [0.3, 0.4) is 0 Å². The Bertz CT molecular complexity index is 248. The number of allylic oxidation sites excluding steroid dienone is 2. The number of hydrogen-bond donors (Lipinski definition) is 1. The summed E-state index contributed by atoms with van der Waals surface area (Å²) in [7, 11) is -3.29. The van der Waals surface area contributed by atoms with Crippen molar-refractivity contribution >= 4 is 10.0 Å². The standard InChI is InChI=1S/C7H15NO2S/c1-6(2)7(3)4-5-11(8,9)10/h4-5H2,1-3H3,(H2,8,9,10). The van der Waals surface area contributed by atoms with Gasteiger partial charge in [0.2, 0.25) is 10.0 Å². The second kappa shape index (κ2) is 3.88. The van der Waals surface area contributed by atoms with Crippen molar-refractivity contribution < 1.29 is 8.42 Å². The van der Waals surface area contributed by atoms with Crippen LogP contribution in [0.5, 0.6) is 0 Å². The minimum atomic E-state index is -3.29. The molecule has 0 unspecified atom stereocenters. The topological polar surface area (TPSA) is 60.2 Å². The lowest BCUT2D eigenvalue weighted by Crippen LogP contribution is -2.16. The van der Waals surface area contributed by atoms with Gasteiger partial charge in [0, 0.05) is 0 Å². The Morgan fingerprint density at radius 2 is 1.73 bits per heavy atom. The maximum absolute atomic E-state index is 10.5. The molecular weight excluding hydrogens is 162 g/mol. The molecule has 0 rings (SSSR count). The second-order valence-corrected chi connectivity index (χ2v) is 4.63. The number of sulfonamides is 1. The van der Waals surface area contributed by atoms with E-state index in [2.05, 4.69) is 0 Å². The molecule has 0 aromatic carbocycles. The van der Waals surface area contributed by atoms with Gasteiger partial charge in [0.25, 0.3) is 0 Å². The van der Waals surface area contributed by atoms with Crippen molar-refractivity contribution in [3.8, 4) is 0 Å². The molecule has 11 heavy (non-hydrogen) atoms. The van der Waals surface area contributed by atoms with Crippen LogP contribution in [0.25, 0.3) is 0 Å². The summed E-state index contributed by atoms with van der Waals surface area (Å²) < 4.78 is 21.0. The maximum Gasteiger partial charge on any atom is 0.209 e. The molecule has 4 heteroatoms. The van der Waals surface area contributed by atoms with Crippen LogP contribution in [-0.4, -0.2) is 14.2 Å². The van der Waals surface area contributed by atoms with Crippen LogP contribution in [0.15, 0.2) is 11.1 Å². The number of hydrogen-bond acceptors (Lipinski definition) is 2. The zero-order valence-electron chi connectivity index (χ0n) is 7.22. The predicted octanol–water partition coefficient (Wildman–Crippen LogP) is 1.02. The molecule has 0 aromatic rings. The molecule has 0 spiro atoms. The van der Waals surface area contributed by atoms with Gasteiger partial charge in [0.15, 0.2) is 0 Å². The van der Waals surface area contributed by atoms with Crippen LogP contribution >= 0.6 is 0 Å². The summed E-state index contributed by atoms with van der Waals surface area (Å²) in [4.78, 5) is 0. The van der Waals surface area contributed by atoms with E-state index in [0.717, 1.165) is 11.1 Å². The number of rotatable bonds is 3. The first kappa shape index (κ1) is 10.7. The van der Waals surface area contributed by atoms with Crippen LogP contribution in [0, 0.1) is 0 Å². The van der Waals surface area contributed by atoms with Crippen molar-refractivity contribution in [3.63, 3.8) is 0 Å². The van der Waals surface area contributed by atoms with Gasteiger partial charge in [-0.25, -0.2) is 13.6 Å². The molecule has 0 aliphatic rings. The summed E-state index contributed by atoms with van der Waals surface area (Å²) in [6, 6.07) is 0. The lowest BCUT2D eigenvalue weighted by Gasteiger charge is -2.01. The molecule has 0 aliphatic carbocycles. The molecule has 66 valence electrons. The molecule has 3 nitrogen and oxygen atoms in total. The normalized spacial score (nSPS) is 11.3. The van der Waals surface area contributed by atoms with Crippen LogP contribution in [0.4, 0.5) is 0 Å². The Balaban J connectivity index is 4.03. The third-order valence-electron chi connectivity index (χ3n) is 1.62. The Kier molecular flexibility index (Phi) is 3.75. The quantitative estimate of drug-likeness (QED) is 0.654. The highest BCUT2D eigenvalue weighted by atomic mass is 32.2. The Hall–Kier alpha value is -0.350. The third kappa shape index (κ3) is 6.06. The highest BCUT2D eigenvalue weighted by Gasteiger charge is 2.02. The van der Waals surface area contributed by atoms with Gasteiger partial charge in [-0.05, 0) is 27.2 Å². The molecule has 0 aromatic heterocycles. The lowest BCUT2D eigenvalue weighted by atomic mass is 10.1. The van der Waals surface area contributed by atoms with Crippen molar-refractivity contribution in [2.24, 2.45) is 5.14 Å². The molecule has 0 heterocycles. The molecule has 0 saturated heterocycles. The Morgan fingerprint density at radius 1 is 1.27 bits per heavy atom. The molecule has 0 aliphatic heterocycles. The van der Waals surface area contributed by atoms with Crippen LogP contribution < -0.4 is 5.14 Å². The van der Waals surface area contributed by atoms with E-state index < -0.39 is 10.0 Å². The summed E-state index contributed by atoms with van der Waals surface area (Å²) in [5, 5.41) is 4.83. The molecular formula is C7H15NO2S. The van der Waals surface area contributed by atoms with E-state index in [1.165, 1.54) is 0 Å². The minimum absolute atomic E-state index is 0.0456. The second-order valence-electron chi connectivity index (χ2n) is 2.90. The predicted molar refractivity (Wildman–Crippen MR) is 46.6 cm³/mol. The molecule has 2 N–H and O–H groups in total. The van der Waals surface area contributed by atoms with Gasteiger partial charge in [-0.1, -0.05) is 11.1 Å². The Morgan fingerprint density at radius 3 is 2.00 bits per heavy atom. The fourth-order valence-corrected chi connectivity index (χ4v) is 1.14. The van der Waals surface area contributed by atoms with Crippen molar-refractivity contribution in [2.45, 2.75) is 27.2 Å². The van der Waals surface area contributed by atoms with Gasteiger partial charge >= 0.3 is 0 Å². The monoisotopic (exact) mass is 177 g/mol. The minimum Gasteiger partial charge on any atom is -0.229 e. The maximum atomic E-state index is 10.5. The summed E-state index contributed by atoms with van der Waals surface area (Å²) >= 11 is 0. The fraction of sp³-hybridized carbons (Fsp3) is 0.714. The Labute approximate surface area is 68.3 Å². The molecule has 0 bridgehead atoms. The van der Waals surface area contributed by atoms with Crippen molar-refractivity contribution in [1.29, 1.82) is 0 Å². The molecule has 0 radical (unpaired) electrons. The highest BCUT2D eigenvalue weighted by Crippen LogP contribution is 2.06. The zero-order chi connectivity index (χ0) is 9.07. The zero-order valence-corrected chi connectivity index (χ0v) is 8.03. The summed E-state index contributed by atoms with van der Waals surface area (Å²) in [5.74, 6) is 0.0456. The largest absolute Gasteiger partial charge is 0.229 e. The number of nitrogens with two attached hydrogens (primary N) is 1. The van der Waals surface area contributed by atoms with Crippen LogP contribution in [-0.2, 0) is 10.0 Å². The number of primary sulfonamides is 1. The van der Waals surface area contributed by atoms with Gasteiger partial charge in [-0.3, -0.25) is 0 Å². The van der Waals surface area contributed by atoms with Crippen LogP contribution in [0.2, 0.25) is 0 Å². The van der Waals surface area contributed by atoms with Crippen molar-refractivity contribution in [2.75, 3.05) is 5.75 Å². The average molecular weight is 177 g/mol. The van der Waals surface area contributed by atoms with Gasteiger partial charge in [0.05, 0.1) is 5.75 Å². The van der Waals surface area contributed by atoms with E-state index in [-0.39, 0.29) is 5.75 Å². The lowest BCUT2D eigenvalue weighted by molar-refractivity contribution is 0.597. The molecule has 0 saturated carbocycles. The summed E-state index contributed by atoms with van der Waals surface area (Å²) in [6.45, 7) is 5.83. The van der Waals surface area contributed by atoms with Gasteiger partial charge in [0.1, 0.15) is 0 Å². The van der Waals surface area contributed by atoms with E-state index in [0.29, 0.717) is 6.42 Å². The molecule has 0 atom stereocenters. The highest BCUT2D eigenvalue weighted by molar-refractivity contribution is 7.89. The first-order valence-electron chi connectivity index (χ1n) is 3.46. The van der Waals surface area contributed by atoms with E-state index in [4.69, 9.17) is 5.14 Å². The van der Waals surface area contributed by atoms with Gasteiger partial charge < -0.3 is 0 Å². The smallest absolute Gasteiger partial charge is 0.209 e. The first-order valence-corrected chi connectivity index (χ1v) is 5.18.